The Morgan fingerprint density at radius 3 is 2.30 bits per heavy atom. The molecular weight excluding hydrogens is 275 g/mol. The molecule has 0 aliphatic rings. The minimum atomic E-state index is -0.390. The van der Waals surface area contributed by atoms with Crippen molar-refractivity contribution in [3.8, 4) is 11.4 Å². The van der Waals surface area contributed by atoms with E-state index in [0.717, 1.165) is 16.7 Å². The quantitative estimate of drug-likeness (QED) is 0.606. The van der Waals surface area contributed by atoms with E-state index in [9.17, 15) is 4.39 Å². The van der Waals surface area contributed by atoms with Crippen molar-refractivity contribution in [2.45, 2.75) is 13.8 Å². The molecule has 0 spiro atoms. The Bertz CT molecular complexity index is 795. The normalized spacial score (nSPS) is 11.0. The largest absolute Gasteiger partial charge is 0.225 e. The fraction of sp³-hybridized carbons (Fsp3) is 0.125. The number of benzene rings is 2. The monoisotopic (exact) mass is 286 g/mol. The van der Waals surface area contributed by atoms with E-state index in [-0.39, 0.29) is 16.5 Å². The molecule has 0 N–H and O–H groups in total. The smallest absolute Gasteiger partial charge is 0.162 e. The predicted molar refractivity (Wildman–Crippen MR) is 79.4 cm³/mol. The maximum atomic E-state index is 13.9. The second-order valence-electron chi connectivity index (χ2n) is 4.74. The summed E-state index contributed by atoms with van der Waals surface area (Å²) in [6.45, 7) is 3.95. The third kappa shape index (κ3) is 2.04. The molecule has 4 heteroatoms. The second-order valence-corrected chi connectivity index (χ2v) is 5.10. The topological polar surface area (TPSA) is 25.8 Å². The van der Waals surface area contributed by atoms with Crippen LogP contribution in [-0.2, 0) is 0 Å². The van der Waals surface area contributed by atoms with Crippen LogP contribution in [0.2, 0.25) is 5.15 Å². The van der Waals surface area contributed by atoms with Crippen molar-refractivity contribution >= 4 is 22.5 Å². The van der Waals surface area contributed by atoms with Crippen LogP contribution in [0.4, 0.5) is 4.39 Å². The summed E-state index contributed by atoms with van der Waals surface area (Å²) in [4.78, 5) is 8.68. The number of hydrogen-bond acceptors (Lipinski definition) is 2. The molecule has 3 aromatic rings. The van der Waals surface area contributed by atoms with Gasteiger partial charge in [0, 0.05) is 10.9 Å². The number of halogens is 2. The van der Waals surface area contributed by atoms with Crippen LogP contribution in [0.5, 0.6) is 0 Å². The highest BCUT2D eigenvalue weighted by atomic mass is 35.5. The fourth-order valence-electron chi connectivity index (χ4n) is 2.36. The lowest BCUT2D eigenvalue weighted by atomic mass is 10.0. The molecule has 0 atom stereocenters. The van der Waals surface area contributed by atoms with Gasteiger partial charge in [0.05, 0.1) is 0 Å². The van der Waals surface area contributed by atoms with Crippen molar-refractivity contribution in [1.29, 1.82) is 0 Å². The van der Waals surface area contributed by atoms with E-state index < -0.39 is 0 Å². The molecule has 2 aromatic carbocycles. The predicted octanol–water partition coefficient (Wildman–Crippen LogP) is 4.71. The lowest BCUT2D eigenvalue weighted by molar-refractivity contribution is 0.636. The maximum absolute atomic E-state index is 13.9. The molecular formula is C16H12ClFN2. The van der Waals surface area contributed by atoms with Gasteiger partial charge in [-0.05, 0) is 37.1 Å². The third-order valence-electron chi connectivity index (χ3n) is 3.34. The molecule has 1 heterocycles. The van der Waals surface area contributed by atoms with E-state index in [2.05, 4.69) is 9.97 Å². The highest BCUT2D eigenvalue weighted by molar-refractivity contribution is 6.34. The molecule has 100 valence electrons. The third-order valence-corrected chi connectivity index (χ3v) is 3.62. The Labute approximate surface area is 121 Å². The first-order chi connectivity index (χ1) is 9.58. The van der Waals surface area contributed by atoms with Gasteiger partial charge in [-0.25, -0.2) is 14.4 Å². The number of aryl methyl sites for hydroxylation is 2. The van der Waals surface area contributed by atoms with Gasteiger partial charge >= 0.3 is 0 Å². The summed E-state index contributed by atoms with van der Waals surface area (Å²) in [6.07, 6.45) is 0. The second kappa shape index (κ2) is 4.84. The zero-order valence-corrected chi connectivity index (χ0v) is 11.9. The first-order valence-corrected chi connectivity index (χ1v) is 6.64. The number of nitrogens with zero attached hydrogens (tertiary/aromatic N) is 2. The highest BCUT2D eigenvalue weighted by Crippen LogP contribution is 2.29. The number of rotatable bonds is 1. The fourth-order valence-corrected chi connectivity index (χ4v) is 2.59. The number of hydrogen-bond donors (Lipinski definition) is 0. The van der Waals surface area contributed by atoms with Gasteiger partial charge in [-0.15, -0.1) is 0 Å². The van der Waals surface area contributed by atoms with E-state index in [4.69, 9.17) is 11.6 Å². The van der Waals surface area contributed by atoms with Crippen molar-refractivity contribution < 1.29 is 4.39 Å². The summed E-state index contributed by atoms with van der Waals surface area (Å²) in [5.74, 6) is 0.0717. The zero-order valence-electron chi connectivity index (χ0n) is 11.1. The van der Waals surface area contributed by atoms with Crippen LogP contribution in [0.1, 0.15) is 11.1 Å². The molecule has 0 saturated carbocycles. The van der Waals surface area contributed by atoms with Crippen molar-refractivity contribution in [3.63, 3.8) is 0 Å². The number of fused-ring (bicyclic) bond motifs is 1. The Kier molecular flexibility index (Phi) is 3.14. The minimum absolute atomic E-state index is 0.255. The van der Waals surface area contributed by atoms with Gasteiger partial charge in [0.15, 0.2) is 5.82 Å². The molecule has 0 aliphatic carbocycles. The molecule has 0 amide bonds. The number of para-hydroxylation sites is 1. The van der Waals surface area contributed by atoms with Crippen LogP contribution >= 0.6 is 11.6 Å². The van der Waals surface area contributed by atoms with Gasteiger partial charge < -0.3 is 0 Å². The summed E-state index contributed by atoms with van der Waals surface area (Å²) < 4.78 is 13.9. The molecule has 0 radical (unpaired) electrons. The van der Waals surface area contributed by atoms with E-state index in [1.54, 1.807) is 12.1 Å². The van der Waals surface area contributed by atoms with E-state index in [0.29, 0.717) is 11.2 Å². The Morgan fingerprint density at radius 1 is 0.950 bits per heavy atom. The average Bonchev–Trinajstić information content (AvgIpc) is 2.40. The van der Waals surface area contributed by atoms with Crippen molar-refractivity contribution in [2.75, 3.05) is 0 Å². The Morgan fingerprint density at radius 2 is 1.60 bits per heavy atom. The van der Waals surface area contributed by atoms with E-state index >= 15 is 0 Å². The van der Waals surface area contributed by atoms with Gasteiger partial charge in [0.1, 0.15) is 16.5 Å². The molecule has 0 fully saturated rings. The summed E-state index contributed by atoms with van der Waals surface area (Å²) in [7, 11) is 0. The molecule has 0 aliphatic heterocycles. The first kappa shape index (κ1) is 13.0. The molecule has 0 saturated heterocycles. The van der Waals surface area contributed by atoms with Crippen molar-refractivity contribution in [3.05, 3.63) is 58.5 Å². The molecule has 0 bridgehead atoms. The van der Waals surface area contributed by atoms with Crippen LogP contribution in [0, 0.1) is 19.7 Å². The summed E-state index contributed by atoms with van der Waals surface area (Å²) >= 11 is 6.17. The molecule has 1 aromatic heterocycles. The van der Waals surface area contributed by atoms with E-state index in [1.165, 1.54) is 6.07 Å². The van der Waals surface area contributed by atoms with Crippen molar-refractivity contribution in [1.82, 2.24) is 9.97 Å². The van der Waals surface area contributed by atoms with Crippen LogP contribution in [0.15, 0.2) is 36.4 Å². The zero-order chi connectivity index (χ0) is 14.3. The van der Waals surface area contributed by atoms with Gasteiger partial charge in [0.2, 0.25) is 0 Å². The Hall–Kier alpha value is -2.00. The van der Waals surface area contributed by atoms with Crippen molar-refractivity contribution in [2.24, 2.45) is 0 Å². The summed E-state index contributed by atoms with van der Waals surface area (Å²) in [5.41, 5.74) is 3.23. The Balaban J connectivity index is 2.36. The average molecular weight is 287 g/mol. The number of aromatic nitrogens is 2. The summed E-state index contributed by atoms with van der Waals surface area (Å²) in [5, 5.41) is 0.800. The van der Waals surface area contributed by atoms with Gasteiger partial charge in [-0.2, -0.15) is 0 Å². The molecule has 20 heavy (non-hydrogen) atoms. The van der Waals surface area contributed by atoms with Gasteiger partial charge in [-0.1, -0.05) is 35.9 Å². The lowest BCUT2D eigenvalue weighted by Crippen LogP contribution is -1.97. The maximum Gasteiger partial charge on any atom is 0.162 e. The van der Waals surface area contributed by atoms with E-state index in [1.807, 2.05) is 32.0 Å². The lowest BCUT2D eigenvalue weighted by Gasteiger charge is -2.10. The van der Waals surface area contributed by atoms with Crippen LogP contribution < -0.4 is 0 Å². The highest BCUT2D eigenvalue weighted by Gasteiger charge is 2.13. The van der Waals surface area contributed by atoms with Crippen LogP contribution in [-0.4, -0.2) is 9.97 Å². The minimum Gasteiger partial charge on any atom is -0.225 e. The summed E-state index contributed by atoms with van der Waals surface area (Å²) in [6, 6.07) is 10.6. The molecule has 3 rings (SSSR count). The van der Waals surface area contributed by atoms with Crippen LogP contribution in [0.25, 0.3) is 22.3 Å². The standard InChI is InChI=1S/C16H12ClFN2/c1-9-5-3-6-10(2)13(9)16-19-14-11(15(17)20-16)7-4-8-12(14)18/h3-8H,1-2H3. The van der Waals surface area contributed by atoms with Gasteiger partial charge in [-0.3, -0.25) is 0 Å². The van der Waals surface area contributed by atoms with Crippen LogP contribution in [0.3, 0.4) is 0 Å². The SMILES string of the molecule is Cc1cccc(C)c1-c1nc(Cl)c2cccc(F)c2n1. The molecule has 2 nitrogen and oxygen atoms in total. The first-order valence-electron chi connectivity index (χ1n) is 6.26. The molecule has 0 unspecified atom stereocenters. The van der Waals surface area contributed by atoms with Gasteiger partial charge in [0.25, 0.3) is 0 Å².